The van der Waals surface area contributed by atoms with Gasteiger partial charge in [-0.25, -0.2) is 0 Å². The van der Waals surface area contributed by atoms with E-state index in [2.05, 4.69) is 5.32 Å². The molecule has 4 nitrogen and oxygen atoms in total. The molecule has 0 aliphatic heterocycles. The first-order valence-electron chi connectivity index (χ1n) is 6.98. The smallest absolute Gasteiger partial charge is 0.251 e. The molecule has 0 aliphatic rings. The number of nitrogens with one attached hydrogen (secondary N) is 1. The van der Waals surface area contributed by atoms with Gasteiger partial charge in [0, 0.05) is 18.5 Å². The fraction of sp³-hybridized carbons (Fsp3) is 0.353. The first kappa shape index (κ1) is 15.3. The second-order valence-electron chi connectivity index (χ2n) is 5.75. The van der Waals surface area contributed by atoms with Gasteiger partial charge in [-0.05, 0) is 44.5 Å². The molecule has 1 amide bonds. The molecule has 112 valence electrons. The van der Waals surface area contributed by atoms with Crippen molar-refractivity contribution >= 4 is 5.91 Å². The normalized spacial score (nSPS) is 13.7. The topological polar surface area (TPSA) is 62.5 Å². The molecule has 2 aromatic rings. The molecule has 0 bridgehead atoms. The number of hydrogen-bond acceptors (Lipinski definition) is 3. The van der Waals surface area contributed by atoms with Gasteiger partial charge in [-0.2, -0.15) is 0 Å². The Kier molecular flexibility index (Phi) is 4.48. The molecule has 21 heavy (non-hydrogen) atoms. The Balaban J connectivity index is 1.98. The standard InChI is InChI=1S/C17H21NO3/c1-12-6-7-13(2)15(9-12)16(19)18-11-17(3,20)10-14-5-4-8-21-14/h4-9,20H,10-11H2,1-3H3,(H,18,19). The van der Waals surface area contributed by atoms with Crippen molar-refractivity contribution in [2.45, 2.75) is 32.8 Å². The van der Waals surface area contributed by atoms with Crippen LogP contribution in [0.4, 0.5) is 0 Å². The summed E-state index contributed by atoms with van der Waals surface area (Å²) in [5, 5.41) is 13.1. The summed E-state index contributed by atoms with van der Waals surface area (Å²) < 4.78 is 5.22. The van der Waals surface area contributed by atoms with Crippen molar-refractivity contribution in [1.29, 1.82) is 0 Å². The third-order valence-corrected chi connectivity index (χ3v) is 3.40. The van der Waals surface area contributed by atoms with Gasteiger partial charge >= 0.3 is 0 Å². The van der Waals surface area contributed by atoms with Crippen LogP contribution in [0.1, 0.15) is 34.2 Å². The van der Waals surface area contributed by atoms with Crippen molar-refractivity contribution in [3.05, 3.63) is 59.0 Å². The summed E-state index contributed by atoms with van der Waals surface area (Å²) in [6, 6.07) is 9.33. The summed E-state index contributed by atoms with van der Waals surface area (Å²) in [6.45, 7) is 5.69. The summed E-state index contributed by atoms with van der Waals surface area (Å²) in [4.78, 5) is 12.2. The van der Waals surface area contributed by atoms with Crippen LogP contribution in [0, 0.1) is 13.8 Å². The zero-order valence-electron chi connectivity index (χ0n) is 12.6. The predicted molar refractivity (Wildman–Crippen MR) is 81.3 cm³/mol. The Morgan fingerprint density at radius 1 is 1.33 bits per heavy atom. The number of amides is 1. The minimum Gasteiger partial charge on any atom is -0.469 e. The predicted octanol–water partition coefficient (Wildman–Crippen LogP) is 2.62. The van der Waals surface area contributed by atoms with Crippen LogP contribution in [-0.2, 0) is 6.42 Å². The van der Waals surface area contributed by atoms with E-state index >= 15 is 0 Å². The molecule has 1 aromatic carbocycles. The molecule has 0 fully saturated rings. The maximum Gasteiger partial charge on any atom is 0.251 e. The largest absolute Gasteiger partial charge is 0.469 e. The van der Waals surface area contributed by atoms with E-state index in [-0.39, 0.29) is 12.5 Å². The molecule has 4 heteroatoms. The fourth-order valence-corrected chi connectivity index (χ4v) is 2.20. The number of carbonyl (C=O) groups is 1. The molecule has 1 aromatic heterocycles. The third kappa shape index (κ3) is 4.20. The summed E-state index contributed by atoms with van der Waals surface area (Å²) in [6.07, 6.45) is 1.92. The lowest BCUT2D eigenvalue weighted by molar-refractivity contribution is 0.0510. The molecule has 2 rings (SSSR count). The zero-order valence-corrected chi connectivity index (χ0v) is 12.6. The summed E-state index contributed by atoms with van der Waals surface area (Å²) in [5.41, 5.74) is 1.55. The number of rotatable bonds is 5. The average molecular weight is 287 g/mol. The van der Waals surface area contributed by atoms with Crippen LogP contribution in [0.5, 0.6) is 0 Å². The minimum absolute atomic E-state index is 0.167. The van der Waals surface area contributed by atoms with E-state index in [1.165, 1.54) is 0 Å². The minimum atomic E-state index is -1.05. The lowest BCUT2D eigenvalue weighted by Gasteiger charge is -2.22. The molecule has 1 heterocycles. The highest BCUT2D eigenvalue weighted by atomic mass is 16.3. The van der Waals surface area contributed by atoms with E-state index in [0.29, 0.717) is 17.7 Å². The maximum atomic E-state index is 12.2. The molecule has 1 unspecified atom stereocenters. The summed E-state index contributed by atoms with van der Waals surface area (Å²) in [7, 11) is 0. The second-order valence-corrected chi connectivity index (χ2v) is 5.75. The van der Waals surface area contributed by atoms with E-state index in [1.54, 1.807) is 25.3 Å². The fourth-order valence-electron chi connectivity index (χ4n) is 2.20. The number of aryl methyl sites for hydroxylation is 2. The van der Waals surface area contributed by atoms with Crippen LogP contribution >= 0.6 is 0 Å². The summed E-state index contributed by atoms with van der Waals surface area (Å²) in [5.74, 6) is 0.525. The van der Waals surface area contributed by atoms with E-state index in [4.69, 9.17) is 4.42 Å². The Hall–Kier alpha value is -2.07. The highest BCUT2D eigenvalue weighted by molar-refractivity contribution is 5.95. The monoisotopic (exact) mass is 287 g/mol. The van der Waals surface area contributed by atoms with E-state index < -0.39 is 5.60 Å². The second kappa shape index (κ2) is 6.14. The number of furan rings is 1. The summed E-state index contributed by atoms with van der Waals surface area (Å²) >= 11 is 0. The first-order chi connectivity index (χ1) is 9.87. The first-order valence-corrected chi connectivity index (χ1v) is 6.98. The number of carbonyl (C=O) groups excluding carboxylic acids is 1. The maximum absolute atomic E-state index is 12.2. The van der Waals surface area contributed by atoms with Crippen molar-refractivity contribution in [2.24, 2.45) is 0 Å². The molecular weight excluding hydrogens is 266 g/mol. The van der Waals surface area contributed by atoms with Gasteiger partial charge < -0.3 is 14.8 Å². The van der Waals surface area contributed by atoms with E-state index in [1.807, 2.05) is 32.0 Å². The molecule has 0 radical (unpaired) electrons. The van der Waals surface area contributed by atoms with Gasteiger partial charge in [-0.3, -0.25) is 4.79 Å². The number of benzene rings is 1. The molecule has 1 atom stereocenters. The van der Waals surface area contributed by atoms with Crippen LogP contribution in [0.3, 0.4) is 0 Å². The molecule has 2 N–H and O–H groups in total. The molecule has 0 aliphatic carbocycles. The lowest BCUT2D eigenvalue weighted by atomic mass is 10.00. The van der Waals surface area contributed by atoms with Gasteiger partial charge in [0.05, 0.1) is 11.9 Å². The lowest BCUT2D eigenvalue weighted by Crippen LogP contribution is -2.42. The number of aliphatic hydroxyl groups is 1. The molecule has 0 saturated heterocycles. The SMILES string of the molecule is Cc1ccc(C)c(C(=O)NCC(C)(O)Cc2ccco2)c1. The molecule has 0 spiro atoms. The third-order valence-electron chi connectivity index (χ3n) is 3.40. The Labute approximate surface area is 124 Å². The zero-order chi connectivity index (χ0) is 15.5. The van der Waals surface area contributed by atoms with Crippen molar-refractivity contribution in [3.63, 3.8) is 0 Å². The van der Waals surface area contributed by atoms with Gasteiger partial charge in [-0.1, -0.05) is 17.7 Å². The van der Waals surface area contributed by atoms with Gasteiger partial charge in [-0.15, -0.1) is 0 Å². The van der Waals surface area contributed by atoms with Crippen LogP contribution in [-0.4, -0.2) is 23.2 Å². The van der Waals surface area contributed by atoms with E-state index in [0.717, 1.165) is 11.1 Å². The molecule has 0 saturated carbocycles. The highest BCUT2D eigenvalue weighted by Crippen LogP contribution is 2.14. The van der Waals surface area contributed by atoms with Gasteiger partial charge in [0.1, 0.15) is 5.76 Å². The quantitative estimate of drug-likeness (QED) is 0.888. The van der Waals surface area contributed by atoms with Crippen LogP contribution in [0.2, 0.25) is 0 Å². The Bertz CT molecular complexity index is 615. The van der Waals surface area contributed by atoms with Gasteiger partial charge in [0.15, 0.2) is 0 Å². The Morgan fingerprint density at radius 2 is 2.10 bits per heavy atom. The van der Waals surface area contributed by atoms with Crippen molar-refractivity contribution in [1.82, 2.24) is 5.32 Å². The van der Waals surface area contributed by atoms with Gasteiger partial charge in [0.25, 0.3) is 5.91 Å². The van der Waals surface area contributed by atoms with Crippen molar-refractivity contribution < 1.29 is 14.3 Å². The molecular formula is C17H21NO3. The van der Waals surface area contributed by atoms with Crippen LogP contribution in [0.25, 0.3) is 0 Å². The van der Waals surface area contributed by atoms with Crippen molar-refractivity contribution in [3.8, 4) is 0 Å². The highest BCUT2D eigenvalue weighted by Gasteiger charge is 2.23. The van der Waals surface area contributed by atoms with Crippen molar-refractivity contribution in [2.75, 3.05) is 6.54 Å². The van der Waals surface area contributed by atoms with E-state index in [9.17, 15) is 9.90 Å². The van der Waals surface area contributed by atoms with Gasteiger partial charge in [0.2, 0.25) is 0 Å². The van der Waals surface area contributed by atoms with Crippen LogP contribution < -0.4 is 5.32 Å². The van der Waals surface area contributed by atoms with Crippen LogP contribution in [0.15, 0.2) is 41.0 Å². The Morgan fingerprint density at radius 3 is 2.76 bits per heavy atom. The number of hydrogen-bond donors (Lipinski definition) is 2. The average Bonchev–Trinajstić information content (AvgIpc) is 2.91.